The number of hydrogen-bond acceptors (Lipinski definition) is 4. The maximum atomic E-state index is 12.4. The molecule has 1 aliphatic carbocycles. The van der Waals surface area contributed by atoms with Crippen LogP contribution in [0.25, 0.3) is 0 Å². The standard InChI is InChI=1S/C16H16O4/c1-11(17)10-20-16(19)14-9-5-4-8-13(14)15(18)12-6-2-3-7-12/h2-9,11-12,17H,10H2,1H3. The van der Waals surface area contributed by atoms with Gasteiger partial charge in [0.05, 0.1) is 17.6 Å². The van der Waals surface area contributed by atoms with Crippen LogP contribution in [0.2, 0.25) is 0 Å². The summed E-state index contributed by atoms with van der Waals surface area (Å²) in [4.78, 5) is 24.3. The Bertz CT molecular complexity index is 558. The van der Waals surface area contributed by atoms with E-state index in [0.29, 0.717) is 5.56 Å². The minimum atomic E-state index is -0.734. The predicted octanol–water partition coefficient (Wildman–Crippen LogP) is 2.15. The molecular weight excluding hydrogens is 256 g/mol. The van der Waals surface area contributed by atoms with Crippen LogP contribution in [0.4, 0.5) is 0 Å². The van der Waals surface area contributed by atoms with Crippen molar-refractivity contribution in [1.29, 1.82) is 0 Å². The highest BCUT2D eigenvalue weighted by Gasteiger charge is 2.22. The Balaban J connectivity index is 2.21. The third-order valence-electron chi connectivity index (χ3n) is 2.92. The van der Waals surface area contributed by atoms with Gasteiger partial charge in [0.2, 0.25) is 0 Å². The number of hydrogen-bond donors (Lipinski definition) is 1. The zero-order valence-electron chi connectivity index (χ0n) is 11.2. The fourth-order valence-electron chi connectivity index (χ4n) is 1.94. The van der Waals surface area contributed by atoms with Crippen molar-refractivity contribution in [3.05, 3.63) is 59.7 Å². The molecule has 1 aliphatic rings. The number of esters is 1. The van der Waals surface area contributed by atoms with Crippen LogP contribution >= 0.6 is 0 Å². The normalized spacial score (nSPS) is 15.3. The summed E-state index contributed by atoms with van der Waals surface area (Å²) in [5.74, 6) is -1.07. The lowest BCUT2D eigenvalue weighted by Crippen LogP contribution is -2.19. The number of allylic oxidation sites excluding steroid dienone is 4. The molecule has 1 unspecified atom stereocenters. The molecule has 0 aliphatic heterocycles. The molecule has 1 atom stereocenters. The number of aliphatic hydroxyl groups excluding tert-OH is 1. The smallest absolute Gasteiger partial charge is 0.338 e. The number of Topliss-reactive ketones (excluding diaryl/α,β-unsaturated/α-hetero) is 1. The highest BCUT2D eigenvalue weighted by molar-refractivity contribution is 6.08. The molecule has 0 amide bonds. The molecule has 0 saturated carbocycles. The summed E-state index contributed by atoms with van der Waals surface area (Å²) < 4.78 is 4.97. The molecule has 0 fully saturated rings. The molecule has 1 N–H and O–H groups in total. The van der Waals surface area contributed by atoms with Crippen LogP contribution in [0.3, 0.4) is 0 Å². The van der Waals surface area contributed by atoms with Crippen LogP contribution in [0.5, 0.6) is 0 Å². The van der Waals surface area contributed by atoms with Crippen molar-refractivity contribution in [2.75, 3.05) is 6.61 Å². The molecule has 1 aromatic carbocycles. The Morgan fingerprint density at radius 3 is 2.40 bits per heavy atom. The van der Waals surface area contributed by atoms with Crippen LogP contribution in [0.15, 0.2) is 48.6 Å². The summed E-state index contributed by atoms with van der Waals surface area (Å²) in [6, 6.07) is 6.55. The van der Waals surface area contributed by atoms with E-state index in [4.69, 9.17) is 9.84 Å². The second-order valence-electron chi connectivity index (χ2n) is 4.65. The monoisotopic (exact) mass is 272 g/mol. The van der Waals surface area contributed by atoms with Gasteiger partial charge in [-0.3, -0.25) is 4.79 Å². The van der Waals surface area contributed by atoms with Crippen LogP contribution in [-0.4, -0.2) is 29.6 Å². The van der Waals surface area contributed by atoms with E-state index >= 15 is 0 Å². The molecule has 4 nitrogen and oxygen atoms in total. The van der Waals surface area contributed by atoms with Crippen molar-refractivity contribution >= 4 is 11.8 Å². The topological polar surface area (TPSA) is 63.6 Å². The number of ketones is 1. The van der Waals surface area contributed by atoms with Crippen molar-refractivity contribution < 1.29 is 19.4 Å². The number of benzene rings is 1. The van der Waals surface area contributed by atoms with Crippen molar-refractivity contribution in [2.45, 2.75) is 13.0 Å². The van der Waals surface area contributed by atoms with E-state index in [1.54, 1.807) is 48.6 Å². The molecule has 0 saturated heterocycles. The fourth-order valence-corrected chi connectivity index (χ4v) is 1.94. The molecule has 0 spiro atoms. The average molecular weight is 272 g/mol. The van der Waals surface area contributed by atoms with Crippen LogP contribution < -0.4 is 0 Å². The van der Waals surface area contributed by atoms with Crippen molar-refractivity contribution in [3.8, 4) is 0 Å². The van der Waals surface area contributed by atoms with Gasteiger partial charge in [-0.2, -0.15) is 0 Å². The first kappa shape index (κ1) is 14.2. The average Bonchev–Trinajstić information content (AvgIpc) is 2.98. The first-order chi connectivity index (χ1) is 9.59. The zero-order chi connectivity index (χ0) is 14.5. The minimum absolute atomic E-state index is 0.0927. The van der Waals surface area contributed by atoms with E-state index in [1.807, 2.05) is 0 Å². The highest BCUT2D eigenvalue weighted by Crippen LogP contribution is 2.19. The number of carbonyl (C=O) groups excluding carboxylic acids is 2. The van der Waals surface area contributed by atoms with Crippen LogP contribution in [0, 0.1) is 5.92 Å². The molecule has 0 radical (unpaired) electrons. The van der Waals surface area contributed by atoms with Crippen molar-refractivity contribution in [1.82, 2.24) is 0 Å². The quantitative estimate of drug-likeness (QED) is 0.659. The Morgan fingerprint density at radius 2 is 1.80 bits per heavy atom. The summed E-state index contributed by atoms with van der Waals surface area (Å²) in [5, 5.41) is 9.14. The van der Waals surface area contributed by atoms with E-state index in [0.717, 1.165) is 0 Å². The van der Waals surface area contributed by atoms with Gasteiger partial charge in [-0.15, -0.1) is 0 Å². The van der Waals surface area contributed by atoms with Gasteiger partial charge in [-0.1, -0.05) is 42.5 Å². The van der Waals surface area contributed by atoms with Gasteiger partial charge >= 0.3 is 5.97 Å². The Morgan fingerprint density at radius 1 is 1.20 bits per heavy atom. The van der Waals surface area contributed by atoms with Crippen molar-refractivity contribution in [2.24, 2.45) is 5.92 Å². The minimum Gasteiger partial charge on any atom is -0.459 e. The lowest BCUT2D eigenvalue weighted by atomic mass is 9.95. The maximum absolute atomic E-state index is 12.4. The molecule has 0 aromatic heterocycles. The molecule has 20 heavy (non-hydrogen) atoms. The number of rotatable bonds is 5. The number of ether oxygens (including phenoxy) is 1. The maximum Gasteiger partial charge on any atom is 0.338 e. The number of carbonyl (C=O) groups is 2. The Labute approximate surface area is 117 Å². The van der Waals surface area contributed by atoms with Gasteiger partial charge in [-0.25, -0.2) is 4.79 Å². The molecule has 104 valence electrons. The third-order valence-corrected chi connectivity index (χ3v) is 2.92. The van der Waals surface area contributed by atoms with E-state index in [2.05, 4.69) is 0 Å². The van der Waals surface area contributed by atoms with Gasteiger partial charge in [0, 0.05) is 5.56 Å². The van der Waals surface area contributed by atoms with Crippen molar-refractivity contribution in [3.63, 3.8) is 0 Å². The lowest BCUT2D eigenvalue weighted by molar-refractivity contribution is 0.0294. The molecule has 4 heteroatoms. The molecule has 2 rings (SSSR count). The van der Waals surface area contributed by atoms with Gasteiger partial charge in [0.15, 0.2) is 5.78 Å². The summed E-state index contributed by atoms with van der Waals surface area (Å²) in [6.45, 7) is 1.43. The first-order valence-electron chi connectivity index (χ1n) is 6.43. The summed E-state index contributed by atoms with van der Waals surface area (Å²) in [7, 11) is 0. The van der Waals surface area contributed by atoms with Crippen LogP contribution in [0.1, 0.15) is 27.6 Å². The predicted molar refractivity (Wildman–Crippen MR) is 74.5 cm³/mol. The summed E-state index contributed by atoms with van der Waals surface area (Å²) in [5.41, 5.74) is 0.566. The fraction of sp³-hybridized carbons (Fsp3) is 0.250. The molecular formula is C16H16O4. The Hall–Kier alpha value is -2.20. The van der Waals surface area contributed by atoms with E-state index in [9.17, 15) is 9.59 Å². The van der Waals surface area contributed by atoms with E-state index in [1.165, 1.54) is 6.92 Å². The van der Waals surface area contributed by atoms with Gasteiger partial charge in [0.1, 0.15) is 6.61 Å². The van der Waals surface area contributed by atoms with Gasteiger partial charge in [0.25, 0.3) is 0 Å². The number of aliphatic hydroxyl groups is 1. The lowest BCUT2D eigenvalue weighted by Gasteiger charge is -2.11. The summed E-state index contributed by atoms with van der Waals surface area (Å²) in [6.07, 6.45) is 6.43. The second-order valence-corrected chi connectivity index (χ2v) is 4.65. The Kier molecular flexibility index (Phi) is 4.48. The molecule has 0 heterocycles. The summed E-state index contributed by atoms with van der Waals surface area (Å²) >= 11 is 0. The van der Waals surface area contributed by atoms with Gasteiger partial charge in [-0.05, 0) is 13.0 Å². The zero-order valence-corrected chi connectivity index (χ0v) is 11.2. The molecule has 0 bridgehead atoms. The first-order valence-corrected chi connectivity index (χ1v) is 6.43. The SMILES string of the molecule is CC(O)COC(=O)c1ccccc1C(=O)C1C=CC=C1. The third kappa shape index (κ3) is 3.22. The van der Waals surface area contributed by atoms with E-state index in [-0.39, 0.29) is 23.9 Å². The highest BCUT2D eigenvalue weighted by atomic mass is 16.5. The van der Waals surface area contributed by atoms with Gasteiger partial charge < -0.3 is 9.84 Å². The van der Waals surface area contributed by atoms with E-state index < -0.39 is 12.1 Å². The largest absolute Gasteiger partial charge is 0.459 e. The van der Waals surface area contributed by atoms with Crippen LogP contribution in [-0.2, 0) is 4.74 Å². The molecule has 1 aromatic rings. The second kappa shape index (κ2) is 6.30.